The van der Waals surface area contributed by atoms with Gasteiger partial charge < -0.3 is 9.47 Å². The molecule has 0 unspecified atom stereocenters. The van der Waals surface area contributed by atoms with Crippen molar-refractivity contribution in [2.75, 3.05) is 13.7 Å². The van der Waals surface area contributed by atoms with E-state index in [9.17, 15) is 9.59 Å². The maximum absolute atomic E-state index is 11.3. The van der Waals surface area contributed by atoms with Crippen LogP contribution in [-0.2, 0) is 19.1 Å². The second kappa shape index (κ2) is 4.61. The molecule has 1 heterocycles. The highest BCUT2D eigenvalue weighted by Crippen LogP contribution is 2.17. The van der Waals surface area contributed by atoms with Crippen LogP contribution < -0.4 is 5.84 Å². The molecule has 6 heteroatoms. The first-order valence-corrected chi connectivity index (χ1v) is 4.33. The van der Waals surface area contributed by atoms with Crippen molar-refractivity contribution < 1.29 is 19.1 Å². The minimum atomic E-state index is -0.552. The van der Waals surface area contributed by atoms with Crippen molar-refractivity contribution in [2.45, 2.75) is 6.92 Å². The first-order valence-electron chi connectivity index (χ1n) is 4.33. The fourth-order valence-corrected chi connectivity index (χ4v) is 1.06. The number of hydrogen-bond acceptors (Lipinski definition) is 5. The minimum Gasteiger partial charge on any atom is -0.491 e. The monoisotopic (exact) mass is 212 g/mol. The normalized spacial score (nSPS) is 18.1. The van der Waals surface area contributed by atoms with E-state index in [1.54, 1.807) is 6.92 Å². The van der Waals surface area contributed by atoms with E-state index in [0.29, 0.717) is 0 Å². The number of nitrogens with two attached hydrogens (primary N) is 1. The number of hydrogen-bond donors (Lipinski definition) is 1. The van der Waals surface area contributed by atoms with Gasteiger partial charge in [0, 0.05) is 12.2 Å². The second-order valence-electron chi connectivity index (χ2n) is 2.71. The summed E-state index contributed by atoms with van der Waals surface area (Å²) in [4.78, 5) is 22.4. The zero-order chi connectivity index (χ0) is 11.4. The average molecular weight is 212 g/mol. The molecule has 1 aliphatic heterocycles. The van der Waals surface area contributed by atoms with E-state index in [4.69, 9.17) is 10.6 Å². The van der Waals surface area contributed by atoms with Crippen molar-refractivity contribution in [1.82, 2.24) is 5.01 Å². The third kappa shape index (κ3) is 2.35. The Morgan fingerprint density at radius 3 is 2.80 bits per heavy atom. The standard InChI is InChI=1S/C9H12N2O4/c1-3-15-8(12)5-6-4-7(14-2)9(13)11(6)10/h4-5H,3,10H2,1-2H3/b6-5+. The highest BCUT2D eigenvalue weighted by Gasteiger charge is 2.27. The summed E-state index contributed by atoms with van der Waals surface area (Å²) in [6.07, 6.45) is 2.51. The maximum atomic E-state index is 11.3. The van der Waals surface area contributed by atoms with Crippen LogP contribution in [-0.4, -0.2) is 30.6 Å². The van der Waals surface area contributed by atoms with Crippen LogP contribution in [0.25, 0.3) is 0 Å². The number of hydrazine groups is 1. The maximum Gasteiger partial charge on any atom is 0.332 e. The molecule has 1 rings (SSSR count). The van der Waals surface area contributed by atoms with Gasteiger partial charge in [0.15, 0.2) is 5.76 Å². The summed E-state index contributed by atoms with van der Waals surface area (Å²) in [7, 11) is 1.35. The molecule has 15 heavy (non-hydrogen) atoms. The Kier molecular flexibility index (Phi) is 3.46. The van der Waals surface area contributed by atoms with Crippen molar-refractivity contribution in [2.24, 2.45) is 5.84 Å². The van der Waals surface area contributed by atoms with Crippen molar-refractivity contribution in [3.8, 4) is 0 Å². The molecule has 2 N–H and O–H groups in total. The van der Waals surface area contributed by atoms with Gasteiger partial charge in [-0.2, -0.15) is 0 Å². The molecule has 0 radical (unpaired) electrons. The van der Waals surface area contributed by atoms with E-state index in [-0.39, 0.29) is 18.1 Å². The predicted octanol–water partition coefficient (Wildman–Crippen LogP) is -0.320. The zero-order valence-electron chi connectivity index (χ0n) is 8.52. The van der Waals surface area contributed by atoms with Gasteiger partial charge in [-0.3, -0.25) is 4.79 Å². The summed E-state index contributed by atoms with van der Waals surface area (Å²) in [5.74, 6) is 4.46. The van der Waals surface area contributed by atoms with Crippen molar-refractivity contribution in [3.63, 3.8) is 0 Å². The van der Waals surface area contributed by atoms with Gasteiger partial charge in [0.2, 0.25) is 0 Å². The van der Waals surface area contributed by atoms with Gasteiger partial charge in [-0.25, -0.2) is 15.6 Å². The molecule has 0 fully saturated rings. The highest BCUT2D eigenvalue weighted by atomic mass is 16.5. The molecular formula is C9H12N2O4. The third-order valence-corrected chi connectivity index (χ3v) is 1.76. The molecule has 0 aromatic carbocycles. The number of methoxy groups -OCH3 is 1. The van der Waals surface area contributed by atoms with Gasteiger partial charge in [0.05, 0.1) is 19.4 Å². The summed E-state index contributed by atoms with van der Waals surface area (Å²) in [5.41, 5.74) is 0.246. The molecule has 1 aliphatic rings. The summed E-state index contributed by atoms with van der Waals surface area (Å²) < 4.78 is 9.44. The number of nitrogens with zero attached hydrogens (tertiary/aromatic N) is 1. The van der Waals surface area contributed by atoms with Gasteiger partial charge >= 0.3 is 11.9 Å². The van der Waals surface area contributed by atoms with Crippen LogP contribution in [0.1, 0.15) is 6.92 Å². The summed E-state index contributed by atoms with van der Waals surface area (Å²) >= 11 is 0. The molecule has 0 spiro atoms. The van der Waals surface area contributed by atoms with Crippen molar-refractivity contribution >= 4 is 11.9 Å². The van der Waals surface area contributed by atoms with E-state index in [1.807, 2.05) is 0 Å². The number of carbonyl (C=O) groups excluding carboxylic acids is 2. The topological polar surface area (TPSA) is 81.9 Å². The molecule has 1 amide bonds. The lowest BCUT2D eigenvalue weighted by atomic mass is 10.4. The Morgan fingerprint density at radius 1 is 1.67 bits per heavy atom. The van der Waals surface area contributed by atoms with Crippen LogP contribution in [0.5, 0.6) is 0 Å². The number of carbonyl (C=O) groups is 2. The molecule has 0 aromatic heterocycles. The summed E-state index contributed by atoms with van der Waals surface area (Å²) in [5, 5.41) is 0.829. The van der Waals surface area contributed by atoms with E-state index >= 15 is 0 Å². The lowest BCUT2D eigenvalue weighted by molar-refractivity contribution is -0.137. The van der Waals surface area contributed by atoms with E-state index in [0.717, 1.165) is 11.1 Å². The van der Waals surface area contributed by atoms with Crippen LogP contribution >= 0.6 is 0 Å². The SMILES string of the molecule is CCOC(=O)/C=C1\C=C(OC)C(=O)N1N. The summed E-state index contributed by atoms with van der Waals surface area (Å²) in [6, 6.07) is 0. The molecule has 6 nitrogen and oxygen atoms in total. The zero-order valence-corrected chi connectivity index (χ0v) is 8.52. The molecule has 0 aromatic rings. The first-order chi connectivity index (χ1) is 7.10. The molecule has 0 bridgehead atoms. The van der Waals surface area contributed by atoms with Crippen LogP contribution in [0, 0.1) is 0 Å². The molecule has 82 valence electrons. The van der Waals surface area contributed by atoms with Gasteiger partial charge in [-0.15, -0.1) is 0 Å². The Morgan fingerprint density at radius 2 is 2.33 bits per heavy atom. The van der Waals surface area contributed by atoms with Crippen LogP contribution in [0.3, 0.4) is 0 Å². The van der Waals surface area contributed by atoms with E-state index in [2.05, 4.69) is 4.74 Å². The van der Waals surface area contributed by atoms with E-state index in [1.165, 1.54) is 13.2 Å². The van der Waals surface area contributed by atoms with Crippen molar-refractivity contribution in [1.29, 1.82) is 0 Å². The lowest BCUT2D eigenvalue weighted by Gasteiger charge is -2.09. The molecule has 0 aliphatic carbocycles. The summed E-state index contributed by atoms with van der Waals surface area (Å²) in [6.45, 7) is 1.95. The number of ether oxygens (including phenoxy) is 2. The second-order valence-corrected chi connectivity index (χ2v) is 2.71. The third-order valence-electron chi connectivity index (χ3n) is 1.76. The molecule has 0 atom stereocenters. The Hall–Kier alpha value is -1.82. The number of allylic oxidation sites excluding steroid dienone is 1. The van der Waals surface area contributed by atoms with Gasteiger partial charge in [0.1, 0.15) is 0 Å². The fourth-order valence-electron chi connectivity index (χ4n) is 1.06. The number of rotatable bonds is 3. The largest absolute Gasteiger partial charge is 0.491 e. The molecular weight excluding hydrogens is 200 g/mol. The molecule has 0 saturated heterocycles. The highest BCUT2D eigenvalue weighted by molar-refractivity contribution is 5.98. The van der Waals surface area contributed by atoms with Crippen LogP contribution in [0.2, 0.25) is 0 Å². The van der Waals surface area contributed by atoms with Crippen LogP contribution in [0.4, 0.5) is 0 Å². The quantitative estimate of drug-likeness (QED) is 0.300. The molecule has 0 saturated carbocycles. The Balaban J connectivity index is 2.84. The lowest BCUT2D eigenvalue weighted by Crippen LogP contribution is -2.33. The number of esters is 1. The Bertz CT molecular complexity index is 346. The number of amides is 1. The Labute approximate surface area is 86.9 Å². The predicted molar refractivity (Wildman–Crippen MR) is 50.8 cm³/mol. The smallest absolute Gasteiger partial charge is 0.332 e. The van der Waals surface area contributed by atoms with Crippen LogP contribution in [0.15, 0.2) is 23.6 Å². The average Bonchev–Trinajstić information content (AvgIpc) is 2.46. The minimum absolute atomic E-state index is 0.0908. The van der Waals surface area contributed by atoms with Gasteiger partial charge in [-0.1, -0.05) is 0 Å². The fraction of sp³-hybridized carbons (Fsp3) is 0.333. The van der Waals surface area contributed by atoms with Crippen molar-refractivity contribution in [3.05, 3.63) is 23.6 Å². The van der Waals surface area contributed by atoms with E-state index < -0.39 is 11.9 Å². The van der Waals surface area contributed by atoms with Gasteiger partial charge in [0.25, 0.3) is 0 Å². The first kappa shape index (κ1) is 11.3. The van der Waals surface area contributed by atoms with Gasteiger partial charge in [-0.05, 0) is 6.92 Å².